The zero-order valence-corrected chi connectivity index (χ0v) is 16.4. The van der Waals surface area contributed by atoms with Crippen molar-refractivity contribution in [3.05, 3.63) is 59.7 Å². The summed E-state index contributed by atoms with van der Waals surface area (Å²) in [6.45, 7) is 2.85. The first-order valence-electron chi connectivity index (χ1n) is 9.84. The second kappa shape index (κ2) is 7.59. The maximum absolute atomic E-state index is 13.2. The van der Waals surface area contributed by atoms with E-state index in [2.05, 4.69) is 11.4 Å². The molecule has 6 heteroatoms. The Kier molecular flexibility index (Phi) is 4.98. The summed E-state index contributed by atoms with van der Waals surface area (Å²) < 4.78 is 6.39. The van der Waals surface area contributed by atoms with E-state index in [4.69, 9.17) is 10.00 Å². The highest BCUT2D eigenvalue weighted by molar-refractivity contribution is 5.96. The summed E-state index contributed by atoms with van der Waals surface area (Å²) in [5.74, 6) is 0.350. The Hall–Kier alpha value is -3.33. The van der Waals surface area contributed by atoms with E-state index in [1.165, 1.54) is 0 Å². The summed E-state index contributed by atoms with van der Waals surface area (Å²) in [6, 6.07) is 16.7. The zero-order chi connectivity index (χ0) is 20.4. The summed E-state index contributed by atoms with van der Waals surface area (Å²) in [5.41, 5.74) is 1.54. The minimum Gasteiger partial charge on any atom is -0.487 e. The number of hydrogen-bond donors (Lipinski definition) is 1. The van der Waals surface area contributed by atoms with Crippen molar-refractivity contribution < 1.29 is 14.3 Å². The van der Waals surface area contributed by atoms with Crippen molar-refractivity contribution in [3.63, 3.8) is 0 Å². The number of fused-ring (bicyclic) bond motifs is 1. The minimum absolute atomic E-state index is 0.0720. The number of amides is 2. The molecule has 29 heavy (non-hydrogen) atoms. The predicted molar refractivity (Wildman–Crippen MR) is 108 cm³/mol. The van der Waals surface area contributed by atoms with E-state index < -0.39 is 5.60 Å². The Balaban J connectivity index is 1.59. The summed E-state index contributed by atoms with van der Waals surface area (Å²) >= 11 is 0. The van der Waals surface area contributed by atoms with Crippen LogP contribution in [0.2, 0.25) is 0 Å². The third-order valence-electron chi connectivity index (χ3n) is 5.89. The molecule has 0 radical (unpaired) electrons. The van der Waals surface area contributed by atoms with E-state index in [1.807, 2.05) is 29.2 Å². The van der Waals surface area contributed by atoms with Gasteiger partial charge in [-0.2, -0.15) is 5.26 Å². The van der Waals surface area contributed by atoms with Crippen molar-refractivity contribution in [1.29, 1.82) is 5.26 Å². The van der Waals surface area contributed by atoms with Gasteiger partial charge in [-0.15, -0.1) is 0 Å². The predicted octanol–water partition coefficient (Wildman–Crippen LogP) is 3.44. The first-order valence-corrected chi connectivity index (χ1v) is 9.84. The van der Waals surface area contributed by atoms with E-state index in [0.717, 1.165) is 11.3 Å². The number of ether oxygens (including phenoxy) is 1. The molecule has 1 fully saturated rings. The molecule has 6 nitrogen and oxygen atoms in total. The van der Waals surface area contributed by atoms with Gasteiger partial charge in [-0.3, -0.25) is 9.59 Å². The van der Waals surface area contributed by atoms with E-state index >= 15 is 0 Å². The molecule has 0 aliphatic carbocycles. The number of piperidine rings is 1. The van der Waals surface area contributed by atoms with Crippen molar-refractivity contribution in [2.75, 3.05) is 18.4 Å². The second-order valence-corrected chi connectivity index (χ2v) is 7.77. The molecule has 2 amide bonds. The number of carbonyl (C=O) groups excluding carboxylic acids is 2. The van der Waals surface area contributed by atoms with E-state index in [1.54, 1.807) is 31.2 Å². The monoisotopic (exact) mass is 389 g/mol. The molecule has 0 aromatic heterocycles. The Morgan fingerprint density at radius 2 is 1.93 bits per heavy atom. The largest absolute Gasteiger partial charge is 0.487 e. The number of likely N-dealkylation sites (tertiary alicyclic amines) is 1. The molecule has 1 atom stereocenters. The Bertz CT molecular complexity index is 987. The van der Waals surface area contributed by atoms with Crippen LogP contribution in [0.25, 0.3) is 0 Å². The first kappa shape index (κ1) is 19.0. The fourth-order valence-corrected chi connectivity index (χ4v) is 4.28. The van der Waals surface area contributed by atoms with Gasteiger partial charge in [-0.1, -0.05) is 24.3 Å². The Morgan fingerprint density at radius 3 is 2.66 bits per heavy atom. The second-order valence-electron chi connectivity index (χ2n) is 7.77. The number of hydrogen-bond acceptors (Lipinski definition) is 4. The molecular weight excluding hydrogens is 366 g/mol. The molecule has 0 saturated carbocycles. The summed E-state index contributed by atoms with van der Waals surface area (Å²) in [4.78, 5) is 26.7. The zero-order valence-electron chi connectivity index (χ0n) is 16.4. The van der Waals surface area contributed by atoms with Gasteiger partial charge in [0, 0.05) is 50.5 Å². The molecule has 2 aromatic rings. The normalized spacial score (nSPS) is 19.6. The van der Waals surface area contributed by atoms with Crippen molar-refractivity contribution >= 4 is 17.5 Å². The number of nitrogens with zero attached hydrogens (tertiary/aromatic N) is 2. The van der Waals surface area contributed by atoms with Gasteiger partial charge in [-0.05, 0) is 24.3 Å². The van der Waals surface area contributed by atoms with Crippen LogP contribution in [-0.4, -0.2) is 35.4 Å². The van der Waals surface area contributed by atoms with Gasteiger partial charge in [0.2, 0.25) is 11.8 Å². The van der Waals surface area contributed by atoms with E-state index in [-0.39, 0.29) is 17.7 Å². The van der Waals surface area contributed by atoms with Crippen LogP contribution in [0.15, 0.2) is 48.5 Å². The number of anilines is 1. The minimum atomic E-state index is -0.448. The van der Waals surface area contributed by atoms with Crippen molar-refractivity contribution in [3.8, 4) is 11.8 Å². The maximum atomic E-state index is 13.2. The molecule has 1 saturated heterocycles. The van der Waals surface area contributed by atoms with Gasteiger partial charge in [-0.25, -0.2) is 0 Å². The Labute approximate surface area is 170 Å². The highest BCUT2D eigenvalue weighted by atomic mass is 16.5. The fraction of sp³-hybridized carbons (Fsp3) is 0.348. The van der Waals surface area contributed by atoms with Crippen LogP contribution >= 0.6 is 0 Å². The van der Waals surface area contributed by atoms with Crippen LogP contribution in [0.3, 0.4) is 0 Å². The lowest BCUT2D eigenvalue weighted by molar-refractivity contribution is -0.134. The molecule has 2 heterocycles. The quantitative estimate of drug-likeness (QED) is 0.853. The van der Waals surface area contributed by atoms with E-state index in [9.17, 15) is 9.59 Å². The summed E-state index contributed by atoms with van der Waals surface area (Å²) in [7, 11) is 0. The van der Waals surface area contributed by atoms with Crippen molar-refractivity contribution in [1.82, 2.24) is 4.90 Å². The standard InChI is InChI=1S/C23H23N3O3/c1-16(27)26-11-9-23(10-12-26)14-20(19-7-2-3-8-21(19)29-23)22(28)25-18-6-4-5-17(13-18)15-24/h2-8,13,20H,9-12,14H2,1H3,(H,25,28). The third-order valence-corrected chi connectivity index (χ3v) is 5.89. The third kappa shape index (κ3) is 3.81. The number of para-hydroxylation sites is 1. The highest BCUT2D eigenvalue weighted by Gasteiger charge is 2.45. The molecule has 0 bridgehead atoms. The van der Waals surface area contributed by atoms with Gasteiger partial charge in [0.15, 0.2) is 0 Å². The summed E-state index contributed by atoms with van der Waals surface area (Å²) in [5, 5.41) is 12.1. The molecule has 2 aliphatic heterocycles. The van der Waals surface area contributed by atoms with Crippen LogP contribution < -0.4 is 10.1 Å². The lowest BCUT2D eigenvalue weighted by Gasteiger charge is -2.46. The van der Waals surface area contributed by atoms with Crippen LogP contribution in [0.5, 0.6) is 5.75 Å². The van der Waals surface area contributed by atoms with Crippen molar-refractivity contribution in [2.24, 2.45) is 0 Å². The smallest absolute Gasteiger partial charge is 0.232 e. The number of nitriles is 1. The molecule has 4 rings (SSSR count). The Morgan fingerprint density at radius 1 is 1.17 bits per heavy atom. The lowest BCUT2D eigenvalue weighted by Crippen LogP contribution is -2.52. The molecule has 2 aliphatic rings. The number of carbonyl (C=O) groups is 2. The van der Waals surface area contributed by atoms with E-state index in [0.29, 0.717) is 43.6 Å². The van der Waals surface area contributed by atoms with Crippen LogP contribution in [0, 0.1) is 11.3 Å². The first-order chi connectivity index (χ1) is 14.0. The van der Waals surface area contributed by atoms with Gasteiger partial charge >= 0.3 is 0 Å². The van der Waals surface area contributed by atoms with Gasteiger partial charge in [0.1, 0.15) is 11.4 Å². The van der Waals surface area contributed by atoms with Crippen LogP contribution in [0.4, 0.5) is 5.69 Å². The number of rotatable bonds is 2. The van der Waals surface area contributed by atoms with Crippen molar-refractivity contribution in [2.45, 2.75) is 37.7 Å². The molecule has 2 aromatic carbocycles. The topological polar surface area (TPSA) is 82.4 Å². The lowest BCUT2D eigenvalue weighted by atomic mass is 9.77. The number of nitrogens with one attached hydrogen (secondary N) is 1. The van der Waals surface area contributed by atoms with Crippen LogP contribution in [0.1, 0.15) is 43.2 Å². The molecule has 1 unspecified atom stereocenters. The van der Waals surface area contributed by atoms with Gasteiger partial charge < -0.3 is 15.0 Å². The average Bonchev–Trinajstić information content (AvgIpc) is 2.73. The fourth-order valence-electron chi connectivity index (χ4n) is 4.28. The van der Waals surface area contributed by atoms with Gasteiger partial charge in [0.25, 0.3) is 0 Å². The van der Waals surface area contributed by atoms with Crippen LogP contribution in [-0.2, 0) is 9.59 Å². The average molecular weight is 389 g/mol. The molecular formula is C23H23N3O3. The highest BCUT2D eigenvalue weighted by Crippen LogP contribution is 2.45. The van der Waals surface area contributed by atoms with Gasteiger partial charge in [0.05, 0.1) is 17.6 Å². The SMILES string of the molecule is CC(=O)N1CCC2(CC1)CC(C(=O)Nc1cccc(C#N)c1)c1ccccc1O2. The number of benzene rings is 2. The molecule has 1 N–H and O–H groups in total. The maximum Gasteiger partial charge on any atom is 0.232 e. The summed E-state index contributed by atoms with van der Waals surface area (Å²) in [6.07, 6.45) is 1.97. The molecule has 148 valence electrons. The molecule has 1 spiro atoms.